The molecule has 0 aromatic rings. The maximum atomic E-state index is 13.8. The summed E-state index contributed by atoms with van der Waals surface area (Å²) in [6, 6.07) is 0. The number of carboxylic acid groups (broad SMARTS) is 1. The number of allylic oxidation sites excluding steroid dienone is 1. The minimum Gasteiger partial charge on any atom is -0.478 e. The topological polar surface area (TPSA) is 63.6 Å². The Bertz CT molecular complexity index is 727. The van der Waals surface area contributed by atoms with Crippen LogP contribution >= 0.6 is 0 Å². The Labute approximate surface area is 259 Å². The number of ether oxygens (including phenoxy) is 1. The highest BCUT2D eigenvalue weighted by Crippen LogP contribution is 2.42. The van der Waals surface area contributed by atoms with Gasteiger partial charge in [-0.25, -0.2) is 9.59 Å². The van der Waals surface area contributed by atoms with Crippen LogP contribution in [0.5, 0.6) is 0 Å². The van der Waals surface area contributed by atoms with E-state index in [2.05, 4.69) is 6.58 Å². The maximum Gasteiger partial charge on any atom is 0.333 e. The molecule has 3 saturated carbocycles. The largest absolute Gasteiger partial charge is 0.478 e. The predicted molar refractivity (Wildman–Crippen MR) is 177 cm³/mol. The predicted octanol–water partition coefficient (Wildman–Crippen LogP) is 11.5. The fourth-order valence-electron chi connectivity index (χ4n) is 7.74. The molecule has 3 aliphatic rings. The van der Waals surface area contributed by atoms with Gasteiger partial charge in [0.05, 0.1) is 7.11 Å². The van der Waals surface area contributed by atoms with Crippen LogP contribution in [-0.2, 0) is 14.3 Å². The molecule has 0 aromatic heterocycles. The molecule has 0 aromatic carbocycles. The van der Waals surface area contributed by atoms with Crippen molar-refractivity contribution in [2.75, 3.05) is 7.11 Å². The second-order valence-electron chi connectivity index (χ2n) is 13.7. The zero-order valence-electron chi connectivity index (χ0n) is 27.7. The van der Waals surface area contributed by atoms with Crippen molar-refractivity contribution < 1.29 is 19.4 Å². The Morgan fingerprint density at radius 3 is 1.00 bits per heavy atom. The van der Waals surface area contributed by atoms with Crippen LogP contribution in [0.2, 0.25) is 0 Å². The van der Waals surface area contributed by atoms with Gasteiger partial charge >= 0.3 is 11.9 Å². The summed E-state index contributed by atoms with van der Waals surface area (Å²) in [5, 5.41) is 7.89. The van der Waals surface area contributed by atoms with Crippen molar-refractivity contribution in [3.05, 3.63) is 23.3 Å². The molecule has 0 saturated heterocycles. The number of esters is 1. The fourth-order valence-corrected chi connectivity index (χ4v) is 7.74. The highest BCUT2D eigenvalue weighted by atomic mass is 16.5. The number of carboxylic acids is 1. The molecule has 242 valence electrons. The lowest BCUT2D eigenvalue weighted by atomic mass is 9.71. The summed E-state index contributed by atoms with van der Waals surface area (Å²) in [6.45, 7) is 4.60. The number of rotatable bonds is 5. The van der Waals surface area contributed by atoms with Gasteiger partial charge in [-0.15, -0.1) is 0 Å². The van der Waals surface area contributed by atoms with Crippen molar-refractivity contribution in [1.82, 2.24) is 0 Å². The first-order chi connectivity index (χ1) is 20.5. The number of hydrogen-bond donors (Lipinski definition) is 1. The molecule has 4 heteroatoms. The quantitative estimate of drug-likeness (QED) is 0.257. The molecular weight excluding hydrogens is 520 g/mol. The first kappa shape index (κ1) is 36.6. The zero-order chi connectivity index (χ0) is 30.4. The van der Waals surface area contributed by atoms with Gasteiger partial charge in [0.2, 0.25) is 0 Å². The molecular formula is C38H66O4. The Hall–Kier alpha value is -1.58. The van der Waals surface area contributed by atoms with Gasteiger partial charge in [-0.05, 0) is 63.2 Å². The van der Waals surface area contributed by atoms with Crippen molar-refractivity contribution >= 4 is 11.9 Å². The Kier molecular flexibility index (Phi) is 20.0. The highest BCUT2D eigenvalue weighted by Gasteiger charge is 2.33. The summed E-state index contributed by atoms with van der Waals surface area (Å²) in [6.07, 6.45) is 36.4. The molecule has 0 radical (unpaired) electrons. The van der Waals surface area contributed by atoms with Crippen molar-refractivity contribution in [3.8, 4) is 0 Å². The minimum absolute atomic E-state index is 0.0428. The molecule has 0 bridgehead atoms. The molecule has 0 spiro atoms. The van der Waals surface area contributed by atoms with Gasteiger partial charge in [0.1, 0.15) is 0 Å². The van der Waals surface area contributed by atoms with Gasteiger partial charge in [-0.2, -0.15) is 0 Å². The van der Waals surface area contributed by atoms with E-state index in [0.29, 0.717) is 17.8 Å². The first-order valence-electron chi connectivity index (χ1n) is 18.2. The van der Waals surface area contributed by atoms with Gasteiger partial charge in [-0.1, -0.05) is 147 Å². The lowest BCUT2D eigenvalue weighted by molar-refractivity contribution is -0.137. The standard InChI is InChI=1S/C34H60O2.C4H6O2/c1-36-34(35)33(31-27-21-15-9-4-10-16-22-28-31)32(29-23-17-11-5-2-6-12-18-24-29)30-25-19-13-7-3-8-14-20-26-30;1-3(2)4(5)6/h29-31H,2-28H2,1H3;1H2,2H3,(H,5,6). The van der Waals surface area contributed by atoms with Crippen molar-refractivity contribution in [2.24, 2.45) is 17.8 Å². The average Bonchev–Trinajstić information content (AvgIpc) is 3.00. The van der Waals surface area contributed by atoms with Crippen LogP contribution in [0.3, 0.4) is 0 Å². The summed E-state index contributed by atoms with van der Waals surface area (Å²) in [4.78, 5) is 23.4. The van der Waals surface area contributed by atoms with Crippen molar-refractivity contribution in [3.63, 3.8) is 0 Å². The molecule has 3 rings (SSSR count). The number of carbonyl (C=O) groups excluding carboxylic acids is 1. The van der Waals surface area contributed by atoms with Crippen LogP contribution in [0.1, 0.15) is 180 Å². The Balaban J connectivity index is 0.000000928. The summed E-state index contributed by atoms with van der Waals surface area (Å²) in [7, 11) is 1.65. The summed E-state index contributed by atoms with van der Waals surface area (Å²) < 4.78 is 5.66. The van der Waals surface area contributed by atoms with Gasteiger partial charge in [0.15, 0.2) is 0 Å². The van der Waals surface area contributed by atoms with E-state index in [1.165, 1.54) is 186 Å². The molecule has 0 aliphatic heterocycles. The van der Waals surface area contributed by atoms with E-state index < -0.39 is 5.97 Å². The van der Waals surface area contributed by atoms with E-state index in [0.717, 1.165) is 0 Å². The van der Waals surface area contributed by atoms with Gasteiger partial charge in [0, 0.05) is 11.1 Å². The van der Waals surface area contributed by atoms with Gasteiger partial charge in [0.25, 0.3) is 0 Å². The number of hydrogen-bond acceptors (Lipinski definition) is 3. The molecule has 0 unspecified atom stereocenters. The second-order valence-corrected chi connectivity index (χ2v) is 13.7. The molecule has 0 amide bonds. The fraction of sp³-hybridized carbons (Fsp3) is 0.842. The van der Waals surface area contributed by atoms with Crippen molar-refractivity contribution in [1.29, 1.82) is 0 Å². The Morgan fingerprint density at radius 2 is 0.762 bits per heavy atom. The van der Waals surface area contributed by atoms with Crippen LogP contribution in [-0.4, -0.2) is 24.2 Å². The van der Waals surface area contributed by atoms with Crippen molar-refractivity contribution in [2.45, 2.75) is 180 Å². The normalized spacial score (nSPS) is 22.0. The molecule has 0 heterocycles. The van der Waals surface area contributed by atoms with Gasteiger partial charge < -0.3 is 9.84 Å². The van der Waals surface area contributed by atoms with E-state index in [1.54, 1.807) is 12.7 Å². The number of aliphatic carboxylic acids is 1. The average molecular weight is 587 g/mol. The molecule has 1 N–H and O–H groups in total. The monoisotopic (exact) mass is 586 g/mol. The molecule has 3 aliphatic carbocycles. The summed E-state index contributed by atoms with van der Waals surface area (Å²) in [5.41, 5.74) is 3.00. The van der Waals surface area contributed by atoms with Crippen LogP contribution in [0, 0.1) is 17.8 Å². The van der Waals surface area contributed by atoms with Gasteiger partial charge in [-0.3, -0.25) is 0 Å². The lowest BCUT2D eigenvalue weighted by Crippen LogP contribution is -2.26. The van der Waals surface area contributed by atoms with E-state index in [-0.39, 0.29) is 11.5 Å². The summed E-state index contributed by atoms with van der Waals surface area (Å²) in [5.74, 6) is 0.758. The number of carbonyl (C=O) groups is 2. The molecule has 3 fully saturated rings. The second kappa shape index (κ2) is 22.9. The zero-order valence-corrected chi connectivity index (χ0v) is 27.7. The van der Waals surface area contributed by atoms with E-state index >= 15 is 0 Å². The smallest absolute Gasteiger partial charge is 0.333 e. The molecule has 0 atom stereocenters. The van der Waals surface area contributed by atoms with Crippen LogP contribution in [0.15, 0.2) is 23.3 Å². The van der Waals surface area contributed by atoms with Crippen LogP contribution < -0.4 is 0 Å². The maximum absolute atomic E-state index is 13.8. The Morgan fingerprint density at radius 1 is 0.524 bits per heavy atom. The van der Waals surface area contributed by atoms with E-state index in [9.17, 15) is 9.59 Å². The third-order valence-corrected chi connectivity index (χ3v) is 10.2. The third kappa shape index (κ3) is 14.7. The first-order valence-corrected chi connectivity index (χ1v) is 18.2. The number of methoxy groups -OCH3 is 1. The molecule has 4 nitrogen and oxygen atoms in total. The third-order valence-electron chi connectivity index (χ3n) is 10.2. The lowest BCUT2D eigenvalue weighted by Gasteiger charge is -2.34. The highest BCUT2D eigenvalue weighted by molar-refractivity contribution is 5.90. The molecule has 42 heavy (non-hydrogen) atoms. The minimum atomic E-state index is -0.935. The SMILES string of the molecule is C=C(C)C(=O)O.COC(=O)C(=C(C1CCCCCCCCC1)C1CCCCCCCCC1)C1CCCCCCCCC1. The summed E-state index contributed by atoms with van der Waals surface area (Å²) >= 11 is 0. The van der Waals surface area contributed by atoms with E-state index in [1.807, 2.05) is 0 Å². The van der Waals surface area contributed by atoms with Crippen LogP contribution in [0.25, 0.3) is 0 Å². The van der Waals surface area contributed by atoms with Crippen LogP contribution in [0.4, 0.5) is 0 Å². The van der Waals surface area contributed by atoms with E-state index in [4.69, 9.17) is 9.84 Å².